The highest BCUT2D eigenvalue weighted by Crippen LogP contribution is 2.36. The second-order valence-electron chi connectivity index (χ2n) is 8.47. The van der Waals surface area contributed by atoms with Crippen LogP contribution < -0.4 is 5.32 Å². The summed E-state index contributed by atoms with van der Waals surface area (Å²) in [6.07, 6.45) is 4.53. The Balaban J connectivity index is 1.67. The molecule has 170 valence electrons. The van der Waals surface area contributed by atoms with Crippen molar-refractivity contribution in [2.24, 2.45) is 0 Å². The number of aryl methyl sites for hydroxylation is 2. The summed E-state index contributed by atoms with van der Waals surface area (Å²) >= 11 is 0. The van der Waals surface area contributed by atoms with Gasteiger partial charge in [0.25, 0.3) is 5.91 Å². The molecule has 4 rings (SSSR count). The highest BCUT2D eigenvalue weighted by Gasteiger charge is 2.40. The summed E-state index contributed by atoms with van der Waals surface area (Å²) in [5, 5.41) is 3.83. The van der Waals surface area contributed by atoms with Crippen LogP contribution in [0.2, 0.25) is 0 Å². The predicted octanol–water partition coefficient (Wildman–Crippen LogP) is 2.81. The monoisotopic (exact) mass is 432 g/mol. The summed E-state index contributed by atoms with van der Waals surface area (Å²) in [5.41, 5.74) is 2.38. The van der Waals surface area contributed by atoms with Gasteiger partial charge in [-0.05, 0) is 38.7 Å². The molecule has 2 fully saturated rings. The van der Waals surface area contributed by atoms with Crippen LogP contribution in [0.15, 0.2) is 12.3 Å². The Morgan fingerprint density at radius 2 is 2.29 bits per heavy atom. The number of carbonyl (C=O) groups excluding carboxylic acids is 1. The molecule has 2 atom stereocenters. The van der Waals surface area contributed by atoms with Gasteiger partial charge in [0.15, 0.2) is 5.82 Å². The maximum absolute atomic E-state index is 14.8. The Morgan fingerprint density at radius 1 is 1.48 bits per heavy atom. The molecule has 1 aliphatic carbocycles. The van der Waals surface area contributed by atoms with Gasteiger partial charge in [0, 0.05) is 45.6 Å². The summed E-state index contributed by atoms with van der Waals surface area (Å²) in [4.78, 5) is 20.1. The molecule has 2 aliphatic rings. The standard InChI is InChI=1S/C23H33FN4O3/c1-4-18-22-17(24)14-27(9-5-10-30-3)20(22)12-19(26-18)15(2)28(16-6-7-16)23(29)21-13-25-8-11-31-21/h12,14-16,21,25H,4-11,13H2,1-3H3/t15-,21-/m1/s1. The number of nitrogens with zero attached hydrogens (tertiary/aromatic N) is 3. The van der Waals surface area contributed by atoms with Crippen molar-refractivity contribution in [3.8, 4) is 0 Å². The van der Waals surface area contributed by atoms with Crippen LogP contribution in [0.25, 0.3) is 10.9 Å². The molecular formula is C23H33FN4O3. The van der Waals surface area contributed by atoms with E-state index in [0.29, 0.717) is 38.1 Å². The molecule has 0 aromatic carbocycles. The van der Waals surface area contributed by atoms with Gasteiger partial charge >= 0.3 is 0 Å². The minimum absolute atomic E-state index is 0.0174. The number of hydrogen-bond acceptors (Lipinski definition) is 5. The minimum atomic E-state index is -0.457. The molecule has 0 bridgehead atoms. The Labute approximate surface area is 182 Å². The van der Waals surface area contributed by atoms with E-state index in [-0.39, 0.29) is 23.8 Å². The highest BCUT2D eigenvalue weighted by molar-refractivity contribution is 5.85. The van der Waals surface area contributed by atoms with E-state index in [1.807, 2.05) is 29.4 Å². The van der Waals surface area contributed by atoms with Crippen molar-refractivity contribution in [2.75, 3.05) is 33.4 Å². The van der Waals surface area contributed by atoms with E-state index in [4.69, 9.17) is 14.5 Å². The molecule has 1 aliphatic heterocycles. The van der Waals surface area contributed by atoms with Crippen molar-refractivity contribution in [1.29, 1.82) is 0 Å². The molecular weight excluding hydrogens is 399 g/mol. The summed E-state index contributed by atoms with van der Waals surface area (Å²) in [5.74, 6) is -0.225. The lowest BCUT2D eigenvalue weighted by Crippen LogP contribution is -2.50. The Hall–Kier alpha value is -2.03. The molecule has 8 heteroatoms. The van der Waals surface area contributed by atoms with Gasteiger partial charge in [-0.1, -0.05) is 6.92 Å². The molecule has 31 heavy (non-hydrogen) atoms. The number of rotatable bonds is 9. The lowest BCUT2D eigenvalue weighted by molar-refractivity contribution is -0.148. The third-order valence-electron chi connectivity index (χ3n) is 6.24. The molecule has 0 unspecified atom stereocenters. The van der Waals surface area contributed by atoms with Crippen LogP contribution in [-0.4, -0.2) is 65.9 Å². The largest absolute Gasteiger partial charge is 0.385 e. The van der Waals surface area contributed by atoms with Crippen molar-refractivity contribution in [1.82, 2.24) is 19.8 Å². The third-order valence-corrected chi connectivity index (χ3v) is 6.24. The Bertz CT molecular complexity index is 921. The van der Waals surface area contributed by atoms with Crippen LogP contribution in [0.1, 0.15) is 50.5 Å². The van der Waals surface area contributed by atoms with E-state index in [1.165, 1.54) is 0 Å². The van der Waals surface area contributed by atoms with Crippen molar-refractivity contribution in [2.45, 2.75) is 64.3 Å². The van der Waals surface area contributed by atoms with Gasteiger partial charge in [-0.3, -0.25) is 9.78 Å². The molecule has 1 saturated carbocycles. The van der Waals surface area contributed by atoms with Gasteiger partial charge in [-0.25, -0.2) is 4.39 Å². The number of pyridine rings is 1. The fourth-order valence-electron chi connectivity index (χ4n) is 4.47. The normalized spacial score (nSPS) is 20.2. The quantitative estimate of drug-likeness (QED) is 0.617. The lowest BCUT2D eigenvalue weighted by atomic mass is 10.1. The van der Waals surface area contributed by atoms with E-state index in [2.05, 4.69) is 5.32 Å². The average molecular weight is 433 g/mol. The molecule has 7 nitrogen and oxygen atoms in total. The molecule has 2 aromatic heterocycles. The fraction of sp³-hybridized carbons (Fsp3) is 0.652. The first-order valence-corrected chi connectivity index (χ1v) is 11.4. The predicted molar refractivity (Wildman–Crippen MR) is 116 cm³/mol. The zero-order valence-electron chi connectivity index (χ0n) is 18.7. The van der Waals surface area contributed by atoms with Crippen molar-refractivity contribution in [3.05, 3.63) is 29.5 Å². The molecule has 2 aromatic rings. The van der Waals surface area contributed by atoms with E-state index < -0.39 is 6.10 Å². The Morgan fingerprint density at radius 3 is 2.94 bits per heavy atom. The molecule has 0 radical (unpaired) electrons. The number of halogens is 1. The fourth-order valence-corrected chi connectivity index (χ4v) is 4.47. The SMILES string of the molecule is CCc1nc([C@@H](C)N(C(=O)[C@H]2CNCCO2)C2CC2)cc2c1c(F)cn2CCCOC. The topological polar surface area (TPSA) is 68.6 Å². The van der Waals surface area contributed by atoms with Crippen LogP contribution >= 0.6 is 0 Å². The highest BCUT2D eigenvalue weighted by atomic mass is 19.1. The maximum atomic E-state index is 14.8. The summed E-state index contributed by atoms with van der Waals surface area (Å²) < 4.78 is 27.6. The number of aromatic nitrogens is 2. The molecule has 0 spiro atoms. The molecule has 1 amide bonds. The van der Waals surface area contributed by atoms with Gasteiger partial charge in [0.1, 0.15) is 6.10 Å². The third kappa shape index (κ3) is 4.61. The molecule has 1 saturated heterocycles. The first-order chi connectivity index (χ1) is 15.0. The van der Waals surface area contributed by atoms with E-state index >= 15 is 0 Å². The number of amides is 1. The second-order valence-corrected chi connectivity index (χ2v) is 8.47. The van der Waals surface area contributed by atoms with E-state index in [0.717, 1.165) is 42.7 Å². The van der Waals surface area contributed by atoms with Crippen LogP contribution in [0.3, 0.4) is 0 Å². The lowest BCUT2D eigenvalue weighted by Gasteiger charge is -2.34. The number of carbonyl (C=O) groups is 1. The van der Waals surface area contributed by atoms with Crippen LogP contribution in [0, 0.1) is 5.82 Å². The summed E-state index contributed by atoms with van der Waals surface area (Å²) in [7, 11) is 1.67. The first kappa shape index (κ1) is 22.2. The second kappa shape index (κ2) is 9.63. The zero-order chi connectivity index (χ0) is 22.0. The molecule has 1 N–H and O–H groups in total. The van der Waals surface area contributed by atoms with Gasteiger partial charge in [-0.15, -0.1) is 0 Å². The van der Waals surface area contributed by atoms with Gasteiger partial charge in [0.05, 0.1) is 34.9 Å². The van der Waals surface area contributed by atoms with Gasteiger partial charge in [-0.2, -0.15) is 0 Å². The zero-order valence-corrected chi connectivity index (χ0v) is 18.7. The van der Waals surface area contributed by atoms with Crippen molar-refractivity contribution >= 4 is 16.8 Å². The number of morpholine rings is 1. The van der Waals surface area contributed by atoms with Crippen LogP contribution in [-0.2, 0) is 27.2 Å². The summed E-state index contributed by atoms with van der Waals surface area (Å²) in [6, 6.07) is 1.98. The number of methoxy groups -OCH3 is 1. The number of ether oxygens (including phenoxy) is 2. The first-order valence-electron chi connectivity index (χ1n) is 11.4. The smallest absolute Gasteiger partial charge is 0.253 e. The van der Waals surface area contributed by atoms with Crippen molar-refractivity contribution in [3.63, 3.8) is 0 Å². The minimum Gasteiger partial charge on any atom is -0.385 e. The average Bonchev–Trinajstić information content (AvgIpc) is 3.57. The van der Waals surface area contributed by atoms with Crippen LogP contribution in [0.5, 0.6) is 0 Å². The Kier molecular flexibility index (Phi) is 6.89. The van der Waals surface area contributed by atoms with E-state index in [9.17, 15) is 9.18 Å². The number of nitrogens with one attached hydrogen (secondary N) is 1. The maximum Gasteiger partial charge on any atom is 0.253 e. The van der Waals surface area contributed by atoms with Gasteiger partial charge < -0.3 is 24.3 Å². The summed E-state index contributed by atoms with van der Waals surface area (Å²) in [6.45, 7) is 7.15. The number of fused-ring (bicyclic) bond motifs is 1. The molecule has 3 heterocycles. The number of hydrogen-bond donors (Lipinski definition) is 1. The van der Waals surface area contributed by atoms with Gasteiger partial charge in [0.2, 0.25) is 0 Å². The van der Waals surface area contributed by atoms with Crippen LogP contribution in [0.4, 0.5) is 4.39 Å². The van der Waals surface area contributed by atoms with E-state index in [1.54, 1.807) is 13.3 Å². The van der Waals surface area contributed by atoms with Crippen molar-refractivity contribution < 1.29 is 18.7 Å².